The van der Waals surface area contributed by atoms with Gasteiger partial charge in [0.05, 0.1) is 0 Å². The van der Waals surface area contributed by atoms with Crippen LogP contribution in [0, 0.1) is 27.7 Å². The van der Waals surface area contributed by atoms with E-state index in [2.05, 4.69) is 256 Å². The van der Waals surface area contributed by atoms with Crippen LogP contribution in [0.3, 0.4) is 0 Å². The summed E-state index contributed by atoms with van der Waals surface area (Å²) in [5.74, 6) is 0. The highest BCUT2D eigenvalue weighted by Gasteiger charge is 2.15. The molecule has 2 heteroatoms. The molecule has 0 fully saturated rings. The smallest absolute Gasteiger partial charge is 0.0462 e. The molecule has 0 radical (unpaired) electrons. The zero-order valence-electron chi connectivity index (χ0n) is 34.7. The molecule has 0 N–H and O–H groups in total. The molecule has 0 saturated heterocycles. The van der Waals surface area contributed by atoms with Gasteiger partial charge in [0.2, 0.25) is 0 Å². The predicted molar refractivity (Wildman–Crippen MR) is 261 cm³/mol. The number of hydrogen-bond acceptors (Lipinski definition) is 2. The second kappa shape index (κ2) is 16.8. The molecule has 0 aliphatic carbocycles. The van der Waals surface area contributed by atoms with Crippen molar-refractivity contribution in [2.75, 3.05) is 9.80 Å². The monoisotopic (exact) mass is 772 g/mol. The Kier molecular flexibility index (Phi) is 10.7. The number of fused-ring (bicyclic) bond motifs is 2. The van der Waals surface area contributed by atoms with Gasteiger partial charge in [-0.1, -0.05) is 168 Å². The standard InChI is InChI=1S/C58H48N2/c1-41-13-27-47(28-14-41)59(48-29-15-42(2)16-30-48)51-35-21-45(22-36-51)25-39-57-53-9-5-7-11-55(53)58(56-12-8-6-10-54(56)57)40-26-46-23-37-52(38-24-46)60(49-31-17-43(3)18-32-49)50-33-19-44(4)20-34-50/h5-40H,1-4H3. The van der Waals surface area contributed by atoms with Crippen LogP contribution in [0.25, 0.3) is 45.8 Å². The van der Waals surface area contributed by atoms with Crippen LogP contribution in [-0.2, 0) is 0 Å². The van der Waals surface area contributed by atoms with Crippen LogP contribution >= 0.6 is 0 Å². The first-order valence-electron chi connectivity index (χ1n) is 20.7. The van der Waals surface area contributed by atoms with Crippen LogP contribution in [0.5, 0.6) is 0 Å². The Morgan fingerprint density at radius 1 is 0.250 bits per heavy atom. The Morgan fingerprint density at radius 2 is 0.467 bits per heavy atom. The number of nitrogens with zero attached hydrogens (tertiary/aromatic N) is 2. The SMILES string of the molecule is Cc1ccc(N(c2ccc(C)cc2)c2ccc(C=Cc3c4ccccc4c(C=Cc4ccc(N(c5ccc(C)cc5)c5ccc(C)cc5)cc4)c4ccccc34)cc2)cc1. The summed E-state index contributed by atoms with van der Waals surface area (Å²) in [7, 11) is 0. The van der Waals surface area contributed by atoms with Crippen molar-refractivity contribution < 1.29 is 0 Å². The van der Waals surface area contributed by atoms with Crippen molar-refractivity contribution in [1.82, 2.24) is 0 Å². The zero-order chi connectivity index (χ0) is 41.0. The van der Waals surface area contributed by atoms with Crippen molar-refractivity contribution in [3.05, 3.63) is 239 Å². The Hall–Kier alpha value is -7.42. The zero-order valence-corrected chi connectivity index (χ0v) is 34.7. The lowest BCUT2D eigenvalue weighted by Gasteiger charge is -2.26. The highest BCUT2D eigenvalue weighted by Crippen LogP contribution is 2.38. The van der Waals surface area contributed by atoms with E-state index >= 15 is 0 Å². The number of hydrogen-bond donors (Lipinski definition) is 0. The van der Waals surface area contributed by atoms with Gasteiger partial charge in [0.25, 0.3) is 0 Å². The van der Waals surface area contributed by atoms with E-state index in [4.69, 9.17) is 0 Å². The lowest BCUT2D eigenvalue weighted by Crippen LogP contribution is -2.09. The van der Waals surface area contributed by atoms with E-state index < -0.39 is 0 Å². The van der Waals surface area contributed by atoms with E-state index in [0.29, 0.717) is 0 Å². The second-order valence-electron chi connectivity index (χ2n) is 15.8. The second-order valence-corrected chi connectivity index (χ2v) is 15.8. The summed E-state index contributed by atoms with van der Waals surface area (Å²) in [6.45, 7) is 8.52. The van der Waals surface area contributed by atoms with Crippen LogP contribution in [0.4, 0.5) is 34.1 Å². The maximum absolute atomic E-state index is 2.32. The van der Waals surface area contributed by atoms with Crippen molar-refractivity contribution in [1.29, 1.82) is 0 Å². The molecule has 0 spiro atoms. The minimum atomic E-state index is 1.12. The van der Waals surface area contributed by atoms with Crippen LogP contribution in [-0.4, -0.2) is 0 Å². The maximum Gasteiger partial charge on any atom is 0.0462 e. The minimum absolute atomic E-state index is 1.12. The van der Waals surface area contributed by atoms with Crippen LogP contribution in [0.1, 0.15) is 44.5 Å². The highest BCUT2D eigenvalue weighted by molar-refractivity contribution is 6.14. The van der Waals surface area contributed by atoms with Gasteiger partial charge in [-0.2, -0.15) is 0 Å². The summed E-state index contributed by atoms with van der Waals surface area (Å²) in [6.07, 6.45) is 9.07. The first kappa shape index (κ1) is 38.1. The summed E-state index contributed by atoms with van der Waals surface area (Å²) < 4.78 is 0. The summed E-state index contributed by atoms with van der Waals surface area (Å²) >= 11 is 0. The van der Waals surface area contributed by atoms with Crippen molar-refractivity contribution in [3.63, 3.8) is 0 Å². The van der Waals surface area contributed by atoms with Crippen LogP contribution < -0.4 is 9.80 Å². The number of benzene rings is 9. The molecule has 0 aliphatic rings. The van der Waals surface area contributed by atoms with Crippen molar-refractivity contribution in [2.24, 2.45) is 0 Å². The molecular weight excluding hydrogens is 725 g/mol. The molecule has 0 amide bonds. The van der Waals surface area contributed by atoms with Gasteiger partial charge >= 0.3 is 0 Å². The van der Waals surface area contributed by atoms with Crippen LogP contribution in [0.15, 0.2) is 194 Å². The van der Waals surface area contributed by atoms with Gasteiger partial charge < -0.3 is 9.80 Å². The van der Waals surface area contributed by atoms with E-state index in [9.17, 15) is 0 Å². The third-order valence-electron chi connectivity index (χ3n) is 11.4. The average molecular weight is 773 g/mol. The Morgan fingerprint density at radius 3 is 0.700 bits per heavy atom. The largest absolute Gasteiger partial charge is 0.311 e. The molecule has 0 saturated carbocycles. The van der Waals surface area contributed by atoms with Gasteiger partial charge in [-0.05, 0) is 144 Å². The molecular formula is C58H48N2. The van der Waals surface area contributed by atoms with Gasteiger partial charge in [0.15, 0.2) is 0 Å². The average Bonchev–Trinajstić information content (AvgIpc) is 3.28. The fourth-order valence-corrected chi connectivity index (χ4v) is 8.05. The molecule has 0 atom stereocenters. The highest BCUT2D eigenvalue weighted by atomic mass is 15.1. The van der Waals surface area contributed by atoms with Gasteiger partial charge in [0.1, 0.15) is 0 Å². The normalized spacial score (nSPS) is 11.5. The van der Waals surface area contributed by atoms with Crippen molar-refractivity contribution in [3.8, 4) is 0 Å². The molecule has 290 valence electrons. The topological polar surface area (TPSA) is 6.48 Å². The Balaban J connectivity index is 1.03. The number of anilines is 6. The van der Waals surface area contributed by atoms with E-state index in [1.165, 1.54) is 54.9 Å². The van der Waals surface area contributed by atoms with Crippen molar-refractivity contribution in [2.45, 2.75) is 27.7 Å². The lowest BCUT2D eigenvalue weighted by molar-refractivity contribution is 1.27. The molecule has 0 unspecified atom stereocenters. The van der Waals surface area contributed by atoms with E-state index in [1.807, 2.05) is 0 Å². The van der Waals surface area contributed by atoms with E-state index in [0.717, 1.165) is 45.3 Å². The fraction of sp³-hybridized carbons (Fsp3) is 0.0690. The molecule has 0 aromatic heterocycles. The molecule has 0 aliphatic heterocycles. The van der Waals surface area contributed by atoms with Gasteiger partial charge in [-0.3, -0.25) is 0 Å². The van der Waals surface area contributed by atoms with Crippen LogP contribution in [0.2, 0.25) is 0 Å². The lowest BCUT2D eigenvalue weighted by atomic mass is 9.91. The molecule has 60 heavy (non-hydrogen) atoms. The molecule has 2 nitrogen and oxygen atoms in total. The molecule has 9 aromatic rings. The first-order valence-corrected chi connectivity index (χ1v) is 20.7. The molecule has 0 bridgehead atoms. The summed E-state index contributed by atoms with van der Waals surface area (Å²) in [5.41, 5.74) is 16.5. The molecule has 9 aromatic carbocycles. The van der Waals surface area contributed by atoms with E-state index in [1.54, 1.807) is 0 Å². The summed E-state index contributed by atoms with van der Waals surface area (Å²) in [6, 6.07) is 70.3. The molecule has 0 heterocycles. The Labute approximate surface area is 354 Å². The number of rotatable bonds is 10. The maximum atomic E-state index is 2.32. The molecule has 9 rings (SSSR count). The summed E-state index contributed by atoms with van der Waals surface area (Å²) in [5, 5.41) is 4.93. The van der Waals surface area contributed by atoms with Gasteiger partial charge in [0, 0.05) is 34.1 Å². The van der Waals surface area contributed by atoms with Gasteiger partial charge in [-0.25, -0.2) is 0 Å². The van der Waals surface area contributed by atoms with Crippen molar-refractivity contribution >= 4 is 80.0 Å². The third-order valence-corrected chi connectivity index (χ3v) is 11.4. The van der Waals surface area contributed by atoms with Gasteiger partial charge in [-0.15, -0.1) is 0 Å². The predicted octanol–water partition coefficient (Wildman–Crippen LogP) is 16.5. The number of aryl methyl sites for hydroxylation is 4. The minimum Gasteiger partial charge on any atom is -0.311 e. The Bertz CT molecular complexity index is 2600. The first-order chi connectivity index (χ1) is 29.4. The fourth-order valence-electron chi connectivity index (χ4n) is 8.05. The third kappa shape index (κ3) is 8.01. The van der Waals surface area contributed by atoms with E-state index in [-0.39, 0.29) is 0 Å². The quantitative estimate of drug-likeness (QED) is 0.101. The summed E-state index contributed by atoms with van der Waals surface area (Å²) in [4.78, 5) is 4.64.